The van der Waals surface area contributed by atoms with Gasteiger partial charge in [-0.05, 0) is 11.4 Å². The van der Waals surface area contributed by atoms with Crippen molar-refractivity contribution in [3.05, 3.63) is 54.0 Å². The van der Waals surface area contributed by atoms with E-state index in [4.69, 9.17) is 0 Å². The molecule has 3 rings (SSSR count). The van der Waals surface area contributed by atoms with Crippen LogP contribution in [0.3, 0.4) is 0 Å². The summed E-state index contributed by atoms with van der Waals surface area (Å²) in [5.74, 6) is 0.939. The van der Waals surface area contributed by atoms with Crippen LogP contribution in [0.15, 0.2) is 54.0 Å². The number of thiophene rings is 1. The molecule has 0 bridgehead atoms. The minimum Gasteiger partial charge on any atom is -0.343 e. The molecule has 0 aliphatic rings. The number of nitrogens with zero attached hydrogens (tertiary/aromatic N) is 1. The summed E-state index contributed by atoms with van der Waals surface area (Å²) < 4.78 is 0. The van der Waals surface area contributed by atoms with Gasteiger partial charge in [-0.25, -0.2) is 4.98 Å². The number of hydrogen-bond donors (Lipinski definition) is 1. The highest BCUT2D eigenvalue weighted by Gasteiger charge is 2.05. The van der Waals surface area contributed by atoms with E-state index in [0.717, 1.165) is 17.1 Å². The van der Waals surface area contributed by atoms with Gasteiger partial charge in [0, 0.05) is 11.8 Å². The third kappa shape index (κ3) is 1.66. The Balaban J connectivity index is 2.00. The summed E-state index contributed by atoms with van der Waals surface area (Å²) in [7, 11) is 0. The van der Waals surface area contributed by atoms with Crippen molar-refractivity contribution in [3.8, 4) is 22.0 Å². The normalized spacial score (nSPS) is 10.5. The first-order valence-corrected chi connectivity index (χ1v) is 5.96. The van der Waals surface area contributed by atoms with Gasteiger partial charge in [-0.1, -0.05) is 36.4 Å². The average Bonchev–Trinajstić information content (AvgIpc) is 3.01. The Morgan fingerprint density at radius 2 is 1.88 bits per heavy atom. The fourth-order valence-electron chi connectivity index (χ4n) is 1.62. The average molecular weight is 226 g/mol. The molecule has 0 saturated carbocycles. The lowest BCUT2D eigenvalue weighted by molar-refractivity contribution is 1.33. The predicted molar refractivity (Wildman–Crippen MR) is 67.3 cm³/mol. The zero-order chi connectivity index (χ0) is 10.8. The summed E-state index contributed by atoms with van der Waals surface area (Å²) in [6.07, 6.45) is 1.95. The van der Waals surface area contributed by atoms with Gasteiger partial charge >= 0.3 is 0 Å². The lowest BCUT2D eigenvalue weighted by atomic mass is 10.2. The van der Waals surface area contributed by atoms with E-state index in [1.165, 1.54) is 4.88 Å². The van der Waals surface area contributed by atoms with Crippen LogP contribution in [-0.2, 0) is 0 Å². The van der Waals surface area contributed by atoms with Crippen LogP contribution in [0.25, 0.3) is 22.0 Å². The number of aromatic amines is 1. The van der Waals surface area contributed by atoms with Crippen molar-refractivity contribution < 1.29 is 0 Å². The van der Waals surface area contributed by atoms with E-state index in [2.05, 4.69) is 33.5 Å². The standard InChI is InChI=1S/C13H10N2S/c1-2-5-10(6-3-1)11-9-14-13(15-11)12-7-4-8-16-12/h1-9H,(H,14,15). The number of benzene rings is 1. The Bertz CT molecular complexity index is 567. The van der Waals surface area contributed by atoms with E-state index in [9.17, 15) is 0 Å². The molecule has 3 aromatic rings. The van der Waals surface area contributed by atoms with Gasteiger partial charge < -0.3 is 4.98 Å². The summed E-state index contributed by atoms with van der Waals surface area (Å²) >= 11 is 1.69. The van der Waals surface area contributed by atoms with Crippen molar-refractivity contribution in [2.75, 3.05) is 0 Å². The van der Waals surface area contributed by atoms with E-state index >= 15 is 0 Å². The third-order valence-corrected chi connectivity index (χ3v) is 3.28. The monoisotopic (exact) mass is 226 g/mol. The Hall–Kier alpha value is -1.87. The highest BCUT2D eigenvalue weighted by Crippen LogP contribution is 2.24. The van der Waals surface area contributed by atoms with Crippen LogP contribution in [0.1, 0.15) is 0 Å². The Morgan fingerprint density at radius 3 is 2.62 bits per heavy atom. The summed E-state index contributed by atoms with van der Waals surface area (Å²) in [5.41, 5.74) is 2.13. The van der Waals surface area contributed by atoms with Crippen LogP contribution in [0, 0.1) is 0 Å². The van der Waals surface area contributed by atoms with Gasteiger partial charge in [0.2, 0.25) is 0 Å². The van der Waals surface area contributed by atoms with Gasteiger partial charge in [0.15, 0.2) is 0 Å². The molecule has 0 atom stereocenters. The quantitative estimate of drug-likeness (QED) is 0.707. The van der Waals surface area contributed by atoms with Crippen LogP contribution in [0.4, 0.5) is 0 Å². The van der Waals surface area contributed by atoms with Gasteiger partial charge in [-0.2, -0.15) is 0 Å². The van der Waals surface area contributed by atoms with Crippen LogP contribution < -0.4 is 0 Å². The lowest BCUT2D eigenvalue weighted by Gasteiger charge is -1.93. The molecule has 0 fully saturated rings. The van der Waals surface area contributed by atoms with E-state index < -0.39 is 0 Å². The fraction of sp³-hybridized carbons (Fsp3) is 0. The molecule has 2 heterocycles. The number of hydrogen-bond acceptors (Lipinski definition) is 2. The molecule has 2 aromatic heterocycles. The lowest BCUT2D eigenvalue weighted by Crippen LogP contribution is -1.77. The fourth-order valence-corrected chi connectivity index (χ4v) is 2.30. The van der Waals surface area contributed by atoms with Crippen LogP contribution >= 0.6 is 11.3 Å². The van der Waals surface area contributed by atoms with Crippen molar-refractivity contribution in [2.45, 2.75) is 0 Å². The molecule has 3 heteroatoms. The first-order valence-electron chi connectivity index (χ1n) is 5.08. The number of rotatable bonds is 2. The van der Waals surface area contributed by atoms with E-state index in [0.29, 0.717) is 0 Å². The number of aromatic nitrogens is 2. The van der Waals surface area contributed by atoms with Crippen molar-refractivity contribution in [1.82, 2.24) is 9.97 Å². The van der Waals surface area contributed by atoms with E-state index in [-0.39, 0.29) is 0 Å². The predicted octanol–water partition coefficient (Wildman–Crippen LogP) is 3.81. The van der Waals surface area contributed by atoms with Gasteiger partial charge in [0.25, 0.3) is 0 Å². The first-order chi connectivity index (χ1) is 7.93. The molecule has 0 unspecified atom stereocenters. The highest BCUT2D eigenvalue weighted by atomic mass is 32.1. The molecule has 0 amide bonds. The van der Waals surface area contributed by atoms with E-state index in [1.807, 2.05) is 30.5 Å². The summed E-state index contributed by atoms with van der Waals surface area (Å²) in [4.78, 5) is 8.95. The summed E-state index contributed by atoms with van der Waals surface area (Å²) in [6.45, 7) is 0. The second-order valence-electron chi connectivity index (χ2n) is 3.48. The molecule has 1 N–H and O–H groups in total. The SMILES string of the molecule is c1ccc(-c2c[nH]c(-c3cccs3)n2)cc1. The molecule has 16 heavy (non-hydrogen) atoms. The molecule has 0 saturated heterocycles. The Kier molecular flexibility index (Phi) is 2.31. The topological polar surface area (TPSA) is 28.7 Å². The summed E-state index contributed by atoms with van der Waals surface area (Å²) in [6, 6.07) is 14.3. The molecule has 78 valence electrons. The number of H-pyrrole nitrogens is 1. The minimum atomic E-state index is 0.939. The van der Waals surface area contributed by atoms with Crippen molar-refractivity contribution >= 4 is 11.3 Å². The van der Waals surface area contributed by atoms with E-state index in [1.54, 1.807) is 11.3 Å². The Labute approximate surface area is 97.6 Å². The molecule has 0 aliphatic carbocycles. The van der Waals surface area contributed by atoms with Gasteiger partial charge in [-0.15, -0.1) is 11.3 Å². The van der Waals surface area contributed by atoms with Crippen LogP contribution in [-0.4, -0.2) is 9.97 Å². The van der Waals surface area contributed by atoms with Crippen LogP contribution in [0.2, 0.25) is 0 Å². The largest absolute Gasteiger partial charge is 0.343 e. The maximum atomic E-state index is 4.58. The van der Waals surface area contributed by atoms with Gasteiger partial charge in [0.1, 0.15) is 5.82 Å². The van der Waals surface area contributed by atoms with Gasteiger partial charge in [-0.3, -0.25) is 0 Å². The van der Waals surface area contributed by atoms with Crippen LogP contribution in [0.5, 0.6) is 0 Å². The number of nitrogens with one attached hydrogen (secondary N) is 1. The Morgan fingerprint density at radius 1 is 1.00 bits per heavy atom. The maximum absolute atomic E-state index is 4.58. The second-order valence-corrected chi connectivity index (χ2v) is 4.43. The number of imidazole rings is 1. The molecular weight excluding hydrogens is 216 g/mol. The summed E-state index contributed by atoms with van der Waals surface area (Å²) in [5, 5.41) is 2.06. The molecule has 0 aliphatic heterocycles. The molecule has 0 radical (unpaired) electrons. The first kappa shape index (κ1) is 9.36. The van der Waals surface area contributed by atoms with Crippen molar-refractivity contribution in [2.24, 2.45) is 0 Å². The zero-order valence-electron chi connectivity index (χ0n) is 8.55. The minimum absolute atomic E-state index is 0.939. The molecule has 1 aromatic carbocycles. The van der Waals surface area contributed by atoms with Crippen molar-refractivity contribution in [1.29, 1.82) is 0 Å². The maximum Gasteiger partial charge on any atom is 0.148 e. The van der Waals surface area contributed by atoms with Gasteiger partial charge in [0.05, 0.1) is 10.6 Å². The third-order valence-electron chi connectivity index (χ3n) is 2.40. The van der Waals surface area contributed by atoms with Crippen molar-refractivity contribution in [3.63, 3.8) is 0 Å². The molecule has 2 nitrogen and oxygen atoms in total. The molecular formula is C13H10N2S. The highest BCUT2D eigenvalue weighted by molar-refractivity contribution is 7.13. The molecule has 0 spiro atoms. The zero-order valence-corrected chi connectivity index (χ0v) is 9.37. The smallest absolute Gasteiger partial charge is 0.148 e. The second kappa shape index (κ2) is 3.94.